The minimum atomic E-state index is -0.726. The minimum absolute atomic E-state index is 0.00988. The Balaban J connectivity index is 1.84. The van der Waals surface area contributed by atoms with Crippen molar-refractivity contribution in [2.45, 2.75) is 77.8 Å². The molecule has 0 bridgehead atoms. The highest BCUT2D eigenvalue weighted by Crippen LogP contribution is 2.38. The number of rotatable bonds is 9. The van der Waals surface area contributed by atoms with Crippen LogP contribution < -0.4 is 0 Å². The molecule has 38 heavy (non-hydrogen) atoms. The molecule has 0 saturated carbocycles. The predicted octanol–water partition coefficient (Wildman–Crippen LogP) is 6.93. The van der Waals surface area contributed by atoms with Crippen molar-refractivity contribution in [3.05, 3.63) is 94.6 Å². The summed E-state index contributed by atoms with van der Waals surface area (Å²) in [5.41, 5.74) is 6.54. The van der Waals surface area contributed by atoms with Crippen molar-refractivity contribution in [2.75, 3.05) is 0 Å². The van der Waals surface area contributed by atoms with Crippen molar-refractivity contribution in [3.8, 4) is 11.1 Å². The lowest BCUT2D eigenvalue weighted by Gasteiger charge is -2.25. The fraction of sp³-hybridized carbons (Fsp3) is 0.375. The standard InChI is InChI=1S/C32H36FNO4/c1-20(2)31-27(15-14-26-16-25(35)17-29(36)38-26)30(23-10-12-24(33)13-11-23)28(32(34-31)21(3)4)19-37-18-22-8-6-5-7-9-22/h5-15,20-21,25-26,35H,16-19H2,1-4H3/b15-14+/t25-,26-/m0/s1. The number of cyclic esters (lactones) is 1. The molecule has 1 aliphatic heterocycles. The number of pyridine rings is 1. The molecule has 1 fully saturated rings. The minimum Gasteiger partial charge on any atom is -0.458 e. The predicted molar refractivity (Wildman–Crippen MR) is 147 cm³/mol. The molecule has 1 N–H and O–H groups in total. The Labute approximate surface area is 224 Å². The Kier molecular flexibility index (Phi) is 9.08. The summed E-state index contributed by atoms with van der Waals surface area (Å²) in [5.74, 6) is -0.484. The Bertz CT molecular complexity index is 1270. The van der Waals surface area contributed by atoms with Crippen LogP contribution in [0.4, 0.5) is 4.39 Å². The van der Waals surface area contributed by atoms with Crippen LogP contribution in [0.15, 0.2) is 60.7 Å². The number of nitrogens with zero attached hydrogens (tertiary/aromatic N) is 1. The summed E-state index contributed by atoms with van der Waals surface area (Å²) in [6.45, 7) is 9.19. The molecule has 2 heterocycles. The van der Waals surface area contributed by atoms with Crippen molar-refractivity contribution in [3.63, 3.8) is 0 Å². The number of carbonyl (C=O) groups excluding carboxylic acids is 1. The lowest BCUT2D eigenvalue weighted by Crippen LogP contribution is -2.31. The molecule has 0 unspecified atom stereocenters. The highest BCUT2D eigenvalue weighted by molar-refractivity contribution is 5.80. The van der Waals surface area contributed by atoms with Gasteiger partial charge in [-0.05, 0) is 46.7 Å². The second kappa shape index (κ2) is 12.5. The maximum absolute atomic E-state index is 13.9. The molecule has 0 amide bonds. The number of carbonyl (C=O) groups is 1. The van der Waals surface area contributed by atoms with E-state index in [4.69, 9.17) is 14.5 Å². The molecule has 0 aliphatic carbocycles. The van der Waals surface area contributed by atoms with Gasteiger partial charge in [0.25, 0.3) is 0 Å². The Morgan fingerprint density at radius 1 is 1.03 bits per heavy atom. The molecule has 5 nitrogen and oxygen atoms in total. The largest absolute Gasteiger partial charge is 0.458 e. The Morgan fingerprint density at radius 3 is 2.34 bits per heavy atom. The lowest BCUT2D eigenvalue weighted by atomic mass is 9.87. The second-order valence-electron chi connectivity index (χ2n) is 10.4. The van der Waals surface area contributed by atoms with Crippen LogP contribution in [0.5, 0.6) is 0 Å². The van der Waals surface area contributed by atoms with E-state index in [-0.39, 0.29) is 24.1 Å². The number of halogens is 1. The quantitative estimate of drug-likeness (QED) is 0.312. The summed E-state index contributed by atoms with van der Waals surface area (Å²) in [6.07, 6.45) is 2.85. The van der Waals surface area contributed by atoms with Crippen molar-refractivity contribution >= 4 is 12.0 Å². The van der Waals surface area contributed by atoms with Crippen molar-refractivity contribution < 1.29 is 23.8 Å². The van der Waals surface area contributed by atoms with Crippen LogP contribution in [0.25, 0.3) is 17.2 Å². The third kappa shape index (κ3) is 6.74. The molecule has 2 atom stereocenters. The zero-order chi connectivity index (χ0) is 27.2. The van der Waals surface area contributed by atoms with Crippen LogP contribution in [-0.2, 0) is 27.5 Å². The Morgan fingerprint density at radius 2 is 1.71 bits per heavy atom. The molecule has 200 valence electrons. The molecule has 3 aromatic rings. The van der Waals surface area contributed by atoms with Crippen molar-refractivity contribution in [1.29, 1.82) is 0 Å². The lowest BCUT2D eigenvalue weighted by molar-refractivity contribution is -0.156. The first kappa shape index (κ1) is 27.7. The number of hydrogen-bond donors (Lipinski definition) is 1. The Hall–Kier alpha value is -3.35. The summed E-state index contributed by atoms with van der Waals surface area (Å²) >= 11 is 0. The average molecular weight is 518 g/mol. The van der Waals surface area contributed by atoms with E-state index in [0.717, 1.165) is 39.2 Å². The van der Waals surface area contributed by atoms with E-state index in [2.05, 4.69) is 27.7 Å². The first-order valence-corrected chi connectivity index (χ1v) is 13.2. The van der Waals surface area contributed by atoms with Gasteiger partial charge in [-0.3, -0.25) is 9.78 Å². The van der Waals surface area contributed by atoms with E-state index in [1.165, 1.54) is 12.1 Å². The molecule has 2 aromatic carbocycles. The maximum Gasteiger partial charge on any atom is 0.309 e. The first-order valence-electron chi connectivity index (χ1n) is 13.2. The molecule has 1 saturated heterocycles. The third-order valence-corrected chi connectivity index (χ3v) is 6.65. The van der Waals surface area contributed by atoms with Gasteiger partial charge < -0.3 is 14.6 Å². The first-order chi connectivity index (χ1) is 18.2. The van der Waals surface area contributed by atoms with E-state index < -0.39 is 18.2 Å². The van der Waals surface area contributed by atoms with Crippen LogP contribution in [0.3, 0.4) is 0 Å². The number of aliphatic hydroxyl groups is 1. The maximum atomic E-state index is 13.9. The van der Waals surface area contributed by atoms with Crippen LogP contribution in [-0.4, -0.2) is 28.3 Å². The molecule has 6 heteroatoms. The second-order valence-corrected chi connectivity index (χ2v) is 10.4. The van der Waals surface area contributed by atoms with E-state index in [1.54, 1.807) is 12.1 Å². The summed E-state index contributed by atoms with van der Waals surface area (Å²) in [7, 11) is 0. The molecule has 0 spiro atoms. The normalized spacial score (nSPS) is 17.9. The molecule has 1 aliphatic rings. The molecule has 4 rings (SSSR count). The summed E-state index contributed by atoms with van der Waals surface area (Å²) in [6, 6.07) is 16.5. The average Bonchev–Trinajstić information content (AvgIpc) is 2.87. The zero-order valence-corrected chi connectivity index (χ0v) is 22.5. The van der Waals surface area contributed by atoms with Gasteiger partial charge in [-0.25, -0.2) is 4.39 Å². The topological polar surface area (TPSA) is 68.7 Å². The zero-order valence-electron chi connectivity index (χ0n) is 22.5. The van der Waals surface area contributed by atoms with Crippen LogP contribution >= 0.6 is 0 Å². The van der Waals surface area contributed by atoms with Gasteiger partial charge in [-0.2, -0.15) is 0 Å². The fourth-order valence-electron chi connectivity index (χ4n) is 4.83. The summed E-state index contributed by atoms with van der Waals surface area (Å²) in [4.78, 5) is 17.1. The van der Waals surface area contributed by atoms with Gasteiger partial charge >= 0.3 is 5.97 Å². The van der Waals surface area contributed by atoms with Crippen molar-refractivity contribution in [1.82, 2.24) is 4.98 Å². The molecule has 1 aromatic heterocycles. The van der Waals surface area contributed by atoms with Gasteiger partial charge in [0.15, 0.2) is 0 Å². The molecular weight excluding hydrogens is 481 g/mol. The number of benzene rings is 2. The number of ether oxygens (including phenoxy) is 2. The summed E-state index contributed by atoms with van der Waals surface area (Å²) in [5, 5.41) is 10.1. The van der Waals surface area contributed by atoms with E-state index >= 15 is 0 Å². The highest BCUT2D eigenvalue weighted by Gasteiger charge is 2.27. The number of aliphatic hydroxyl groups excluding tert-OH is 1. The number of aromatic nitrogens is 1. The van der Waals surface area contributed by atoms with Crippen molar-refractivity contribution in [2.24, 2.45) is 0 Å². The van der Waals surface area contributed by atoms with Gasteiger partial charge in [0.1, 0.15) is 11.9 Å². The number of hydrogen-bond acceptors (Lipinski definition) is 5. The molecular formula is C32H36FNO4. The van der Waals surface area contributed by atoms with E-state index in [0.29, 0.717) is 19.6 Å². The van der Waals surface area contributed by atoms with Crippen LogP contribution in [0, 0.1) is 5.82 Å². The monoisotopic (exact) mass is 517 g/mol. The molecule has 0 radical (unpaired) electrons. The fourth-order valence-corrected chi connectivity index (χ4v) is 4.83. The third-order valence-electron chi connectivity index (χ3n) is 6.65. The summed E-state index contributed by atoms with van der Waals surface area (Å²) < 4.78 is 25.6. The number of esters is 1. The van der Waals surface area contributed by atoms with Crippen LogP contribution in [0.1, 0.15) is 80.5 Å². The van der Waals surface area contributed by atoms with E-state index in [9.17, 15) is 14.3 Å². The van der Waals surface area contributed by atoms with E-state index in [1.807, 2.05) is 42.5 Å². The SMILES string of the molecule is CC(C)c1nc(C(C)C)c(COCc2ccccc2)c(-c2ccc(F)cc2)c1/C=C/[C@H]1C[C@H](O)CC(=O)O1. The van der Waals surface area contributed by atoms with Gasteiger partial charge in [-0.15, -0.1) is 0 Å². The van der Waals surface area contributed by atoms with Crippen LogP contribution in [0.2, 0.25) is 0 Å². The van der Waals surface area contributed by atoms with Gasteiger partial charge in [0, 0.05) is 23.2 Å². The van der Waals surface area contributed by atoms with Gasteiger partial charge in [0.05, 0.1) is 31.4 Å². The van der Waals surface area contributed by atoms with Gasteiger partial charge in [-0.1, -0.05) is 76.2 Å². The van der Waals surface area contributed by atoms with Gasteiger partial charge in [0.2, 0.25) is 0 Å². The smallest absolute Gasteiger partial charge is 0.309 e. The highest BCUT2D eigenvalue weighted by atomic mass is 19.1.